The molecule has 0 saturated carbocycles. The predicted octanol–water partition coefficient (Wildman–Crippen LogP) is 4.83. The molecule has 0 atom stereocenters. The summed E-state index contributed by atoms with van der Waals surface area (Å²) in [5.74, 6) is 0.986. The van der Waals surface area contributed by atoms with Crippen LogP contribution in [0.2, 0.25) is 0 Å². The van der Waals surface area contributed by atoms with Crippen LogP contribution in [-0.2, 0) is 4.79 Å². The Morgan fingerprint density at radius 2 is 1.86 bits per heavy atom. The SMILES string of the molecule is CC=O.COc1ccc(C)c(O)c1-c1c[nH]c2ncc(-c3cccc(O)c3)cc12. The van der Waals surface area contributed by atoms with Gasteiger partial charge >= 0.3 is 0 Å². The van der Waals surface area contributed by atoms with Crippen LogP contribution in [0.15, 0.2) is 54.9 Å². The number of H-pyrrole nitrogens is 1. The van der Waals surface area contributed by atoms with E-state index in [-0.39, 0.29) is 11.5 Å². The third-order valence-electron chi connectivity index (χ3n) is 4.54. The molecule has 4 aromatic rings. The summed E-state index contributed by atoms with van der Waals surface area (Å²) in [6, 6.07) is 12.7. The van der Waals surface area contributed by atoms with Crippen molar-refractivity contribution in [2.45, 2.75) is 13.8 Å². The lowest BCUT2D eigenvalue weighted by Crippen LogP contribution is -1.90. The van der Waals surface area contributed by atoms with Gasteiger partial charge in [0.15, 0.2) is 0 Å². The minimum atomic E-state index is 0.188. The van der Waals surface area contributed by atoms with Crippen molar-refractivity contribution in [1.29, 1.82) is 0 Å². The Kier molecular flexibility index (Phi) is 5.83. The van der Waals surface area contributed by atoms with Crippen molar-refractivity contribution in [3.05, 3.63) is 60.4 Å². The van der Waals surface area contributed by atoms with E-state index in [0.29, 0.717) is 17.0 Å². The third-order valence-corrected chi connectivity index (χ3v) is 4.54. The maximum Gasteiger partial charge on any atom is 0.137 e. The number of pyridine rings is 1. The van der Waals surface area contributed by atoms with Gasteiger partial charge in [-0.05, 0) is 49.2 Å². The number of aromatic hydroxyl groups is 2. The van der Waals surface area contributed by atoms with E-state index in [4.69, 9.17) is 9.53 Å². The zero-order valence-corrected chi connectivity index (χ0v) is 16.4. The number of hydrogen-bond donors (Lipinski definition) is 3. The number of ether oxygens (including phenoxy) is 1. The number of carbonyl (C=O) groups excluding carboxylic acids is 1. The quantitative estimate of drug-likeness (QED) is 0.436. The summed E-state index contributed by atoms with van der Waals surface area (Å²) < 4.78 is 5.46. The molecule has 148 valence electrons. The number of carbonyl (C=O) groups is 1. The molecule has 0 fully saturated rings. The van der Waals surface area contributed by atoms with Crippen molar-refractivity contribution < 1.29 is 19.7 Å². The van der Waals surface area contributed by atoms with Gasteiger partial charge in [-0.1, -0.05) is 18.2 Å². The number of nitrogens with zero attached hydrogens (tertiary/aromatic N) is 1. The number of phenolic OH excluding ortho intramolecular Hbond substituents is 2. The highest BCUT2D eigenvalue weighted by Gasteiger charge is 2.18. The summed E-state index contributed by atoms with van der Waals surface area (Å²) in [6.07, 6.45) is 4.33. The summed E-state index contributed by atoms with van der Waals surface area (Å²) in [7, 11) is 1.58. The third kappa shape index (κ3) is 3.91. The van der Waals surface area contributed by atoms with Crippen molar-refractivity contribution in [2.24, 2.45) is 0 Å². The van der Waals surface area contributed by atoms with Crippen molar-refractivity contribution >= 4 is 17.3 Å². The zero-order chi connectivity index (χ0) is 21.0. The number of aromatic amines is 1. The molecule has 4 rings (SSSR count). The molecule has 0 spiro atoms. The monoisotopic (exact) mass is 390 g/mol. The fourth-order valence-corrected chi connectivity index (χ4v) is 3.16. The number of fused-ring (bicyclic) bond motifs is 1. The van der Waals surface area contributed by atoms with E-state index in [1.807, 2.05) is 37.4 Å². The van der Waals surface area contributed by atoms with Crippen LogP contribution < -0.4 is 4.74 Å². The van der Waals surface area contributed by atoms with Crippen LogP contribution in [0, 0.1) is 6.92 Å². The maximum absolute atomic E-state index is 10.6. The Bertz CT molecular complexity index is 1160. The van der Waals surface area contributed by atoms with Gasteiger partial charge in [0.2, 0.25) is 0 Å². The number of rotatable bonds is 3. The second-order valence-corrected chi connectivity index (χ2v) is 6.42. The molecule has 0 aliphatic rings. The smallest absolute Gasteiger partial charge is 0.137 e. The van der Waals surface area contributed by atoms with Gasteiger partial charge in [-0.3, -0.25) is 0 Å². The molecule has 0 aliphatic carbocycles. The van der Waals surface area contributed by atoms with Gasteiger partial charge in [0, 0.05) is 28.9 Å². The van der Waals surface area contributed by atoms with Gasteiger partial charge in [-0.15, -0.1) is 0 Å². The molecule has 0 aliphatic heterocycles. The molecular formula is C23H22N2O4. The lowest BCUT2D eigenvalue weighted by molar-refractivity contribution is -0.106. The number of hydrogen-bond acceptors (Lipinski definition) is 5. The molecule has 2 aromatic heterocycles. The van der Waals surface area contributed by atoms with Crippen LogP contribution >= 0.6 is 0 Å². The molecule has 2 heterocycles. The van der Waals surface area contributed by atoms with Crippen LogP contribution in [0.5, 0.6) is 17.2 Å². The van der Waals surface area contributed by atoms with Gasteiger partial charge in [0.05, 0.1) is 12.7 Å². The highest BCUT2D eigenvalue weighted by Crippen LogP contribution is 2.43. The van der Waals surface area contributed by atoms with Crippen LogP contribution in [0.1, 0.15) is 12.5 Å². The second kappa shape index (κ2) is 8.48. The Hall–Kier alpha value is -3.80. The number of methoxy groups -OCH3 is 1. The average Bonchev–Trinajstić information content (AvgIpc) is 3.13. The highest BCUT2D eigenvalue weighted by molar-refractivity contribution is 5.99. The Morgan fingerprint density at radius 3 is 2.55 bits per heavy atom. The van der Waals surface area contributed by atoms with E-state index in [1.165, 1.54) is 6.92 Å². The molecule has 29 heavy (non-hydrogen) atoms. The van der Waals surface area contributed by atoms with Crippen LogP contribution in [0.3, 0.4) is 0 Å². The van der Waals surface area contributed by atoms with E-state index in [1.54, 1.807) is 31.5 Å². The summed E-state index contributed by atoms with van der Waals surface area (Å²) >= 11 is 0. The van der Waals surface area contributed by atoms with E-state index < -0.39 is 0 Å². The molecule has 2 aromatic carbocycles. The number of aldehydes is 1. The first kappa shape index (κ1) is 19.9. The van der Waals surface area contributed by atoms with Gasteiger partial charge in [0.25, 0.3) is 0 Å². The zero-order valence-electron chi connectivity index (χ0n) is 16.4. The van der Waals surface area contributed by atoms with Crippen LogP contribution in [0.4, 0.5) is 0 Å². The first-order valence-electron chi connectivity index (χ1n) is 9.03. The summed E-state index contributed by atoms with van der Waals surface area (Å²) in [6.45, 7) is 3.30. The second-order valence-electron chi connectivity index (χ2n) is 6.42. The lowest BCUT2D eigenvalue weighted by Gasteiger charge is -2.12. The Labute approximate surface area is 168 Å². The van der Waals surface area contributed by atoms with E-state index >= 15 is 0 Å². The molecule has 6 heteroatoms. The van der Waals surface area contributed by atoms with Crippen LogP contribution in [0.25, 0.3) is 33.3 Å². The lowest BCUT2D eigenvalue weighted by atomic mass is 9.99. The predicted molar refractivity (Wildman–Crippen MR) is 113 cm³/mol. The van der Waals surface area contributed by atoms with Crippen molar-refractivity contribution in [3.63, 3.8) is 0 Å². The van der Waals surface area contributed by atoms with E-state index in [2.05, 4.69) is 9.97 Å². The molecule has 0 unspecified atom stereocenters. The maximum atomic E-state index is 10.6. The number of phenols is 2. The Balaban J connectivity index is 0.000000755. The fourth-order valence-electron chi connectivity index (χ4n) is 3.16. The number of aryl methyl sites for hydroxylation is 1. The van der Waals surface area contributed by atoms with Crippen LogP contribution in [-0.4, -0.2) is 33.6 Å². The van der Waals surface area contributed by atoms with Crippen molar-refractivity contribution in [3.8, 4) is 39.5 Å². The molecule has 6 nitrogen and oxygen atoms in total. The van der Waals surface area contributed by atoms with Crippen molar-refractivity contribution in [1.82, 2.24) is 9.97 Å². The minimum Gasteiger partial charge on any atom is -0.508 e. The minimum absolute atomic E-state index is 0.188. The number of nitrogens with one attached hydrogen (secondary N) is 1. The van der Waals surface area contributed by atoms with E-state index in [0.717, 1.165) is 33.9 Å². The summed E-state index contributed by atoms with van der Waals surface area (Å²) in [5, 5.41) is 21.2. The number of aromatic nitrogens is 2. The molecule has 0 bridgehead atoms. The molecule has 3 N–H and O–H groups in total. The molecular weight excluding hydrogens is 368 g/mol. The van der Waals surface area contributed by atoms with Crippen molar-refractivity contribution in [2.75, 3.05) is 7.11 Å². The topological polar surface area (TPSA) is 95.4 Å². The van der Waals surface area contributed by atoms with Gasteiger partial charge in [-0.2, -0.15) is 0 Å². The first-order valence-corrected chi connectivity index (χ1v) is 9.03. The van der Waals surface area contributed by atoms with Gasteiger partial charge < -0.3 is 24.7 Å². The van der Waals surface area contributed by atoms with E-state index in [9.17, 15) is 10.2 Å². The summed E-state index contributed by atoms with van der Waals surface area (Å²) in [5.41, 5.74) is 4.67. The van der Waals surface area contributed by atoms with Gasteiger partial charge in [0.1, 0.15) is 29.2 Å². The highest BCUT2D eigenvalue weighted by atomic mass is 16.5. The fraction of sp³-hybridized carbons (Fsp3) is 0.130. The average molecular weight is 390 g/mol. The summed E-state index contributed by atoms with van der Waals surface area (Å²) in [4.78, 5) is 16.4. The number of benzene rings is 2. The molecule has 0 saturated heterocycles. The normalized spacial score (nSPS) is 10.3. The first-order chi connectivity index (χ1) is 14.0. The van der Waals surface area contributed by atoms with Gasteiger partial charge in [-0.25, -0.2) is 4.98 Å². The Morgan fingerprint density at radius 1 is 1.10 bits per heavy atom. The molecule has 0 radical (unpaired) electrons. The molecule has 0 amide bonds. The standard InChI is InChI=1S/C21H18N2O3.C2H4O/c1-12-6-7-18(26-2)19(20(12)25)17-11-23-21-16(17)9-14(10-22-21)13-4-3-5-15(24)8-13;1-2-3/h3-11,24-25H,1-2H3,(H,22,23);2H,1H3. The largest absolute Gasteiger partial charge is 0.508 e.